The third kappa shape index (κ3) is 2.89. The summed E-state index contributed by atoms with van der Waals surface area (Å²) in [5.74, 6) is 0. The Kier molecular flexibility index (Phi) is 4.41. The number of nitriles is 1. The molecule has 1 unspecified atom stereocenters. The van der Waals surface area contributed by atoms with E-state index in [2.05, 4.69) is 29.8 Å². The number of piperazine rings is 1. The molecule has 1 aliphatic heterocycles. The van der Waals surface area contributed by atoms with E-state index in [0.29, 0.717) is 11.6 Å². The number of likely N-dealkylation sites (N-methyl/N-ethyl adjacent to an activating group) is 1. The molecule has 0 saturated carbocycles. The average molecular weight is 259 g/mol. The lowest BCUT2D eigenvalue weighted by molar-refractivity contribution is 0.213. The van der Waals surface area contributed by atoms with Crippen LogP contribution in [-0.2, 0) is 6.61 Å². The summed E-state index contributed by atoms with van der Waals surface area (Å²) in [6, 6.07) is 8.43. The van der Waals surface area contributed by atoms with Gasteiger partial charge < -0.3 is 10.0 Å². The first-order valence-electron chi connectivity index (χ1n) is 6.78. The van der Waals surface area contributed by atoms with Gasteiger partial charge in [0.2, 0.25) is 0 Å². The van der Waals surface area contributed by atoms with Crippen LogP contribution in [0.3, 0.4) is 0 Å². The smallest absolute Gasteiger partial charge is 0.101 e. The fourth-order valence-electron chi connectivity index (χ4n) is 2.65. The van der Waals surface area contributed by atoms with Crippen LogP contribution in [-0.4, -0.2) is 42.7 Å². The summed E-state index contributed by atoms with van der Waals surface area (Å²) >= 11 is 0. The van der Waals surface area contributed by atoms with E-state index in [-0.39, 0.29) is 6.61 Å². The summed E-state index contributed by atoms with van der Waals surface area (Å²) in [6.45, 7) is 5.10. The van der Waals surface area contributed by atoms with E-state index in [4.69, 9.17) is 5.11 Å². The van der Waals surface area contributed by atoms with E-state index >= 15 is 0 Å². The molecule has 1 aliphatic rings. The second kappa shape index (κ2) is 6.05. The van der Waals surface area contributed by atoms with Gasteiger partial charge in [-0.25, -0.2) is 0 Å². The fraction of sp³-hybridized carbons (Fsp3) is 0.533. The summed E-state index contributed by atoms with van der Waals surface area (Å²) < 4.78 is 0. The van der Waals surface area contributed by atoms with Crippen molar-refractivity contribution < 1.29 is 5.11 Å². The molecular formula is C15H21N3O. The molecule has 1 heterocycles. The van der Waals surface area contributed by atoms with Gasteiger partial charge in [-0.05, 0) is 31.2 Å². The molecule has 4 heteroatoms. The predicted octanol–water partition coefficient (Wildman–Crippen LogP) is 1.58. The standard InChI is InChI=1S/C15H21N3O/c1-3-14-10-18(7-6-17(14)2)15-5-4-12(11-19)8-13(15)9-16/h4-5,8,14,19H,3,6-7,10-11H2,1-2H3. The Balaban J connectivity index is 2.25. The largest absolute Gasteiger partial charge is 0.392 e. The molecular weight excluding hydrogens is 238 g/mol. The lowest BCUT2D eigenvalue weighted by atomic mass is 10.1. The van der Waals surface area contributed by atoms with Gasteiger partial charge in [0.25, 0.3) is 0 Å². The molecule has 1 aromatic carbocycles. The highest BCUT2D eigenvalue weighted by Crippen LogP contribution is 2.24. The minimum atomic E-state index is -0.0186. The van der Waals surface area contributed by atoms with Crippen molar-refractivity contribution >= 4 is 5.69 Å². The van der Waals surface area contributed by atoms with Crippen molar-refractivity contribution in [1.29, 1.82) is 5.26 Å². The van der Waals surface area contributed by atoms with Crippen molar-refractivity contribution in [2.24, 2.45) is 0 Å². The normalized spacial score (nSPS) is 20.3. The SMILES string of the molecule is CCC1CN(c2ccc(CO)cc2C#N)CCN1C. The summed E-state index contributed by atoms with van der Waals surface area (Å²) in [5.41, 5.74) is 2.44. The van der Waals surface area contributed by atoms with Gasteiger partial charge in [0, 0.05) is 25.7 Å². The lowest BCUT2D eigenvalue weighted by Gasteiger charge is -2.40. The first kappa shape index (κ1) is 13.9. The molecule has 1 saturated heterocycles. The molecule has 0 aromatic heterocycles. The zero-order valence-corrected chi connectivity index (χ0v) is 11.6. The van der Waals surface area contributed by atoms with Crippen LogP contribution in [0.4, 0.5) is 5.69 Å². The van der Waals surface area contributed by atoms with Gasteiger partial charge in [0.1, 0.15) is 6.07 Å². The minimum absolute atomic E-state index is 0.0186. The maximum Gasteiger partial charge on any atom is 0.101 e. The van der Waals surface area contributed by atoms with E-state index in [1.165, 1.54) is 0 Å². The molecule has 0 bridgehead atoms. The summed E-state index contributed by atoms with van der Waals surface area (Å²) in [5, 5.41) is 18.4. The van der Waals surface area contributed by atoms with E-state index in [0.717, 1.165) is 37.3 Å². The van der Waals surface area contributed by atoms with Crippen LogP contribution in [0, 0.1) is 11.3 Å². The van der Waals surface area contributed by atoms with Gasteiger partial charge in [-0.3, -0.25) is 4.90 Å². The number of aliphatic hydroxyl groups is 1. The molecule has 0 amide bonds. The Hall–Kier alpha value is -1.57. The van der Waals surface area contributed by atoms with Crippen molar-refractivity contribution in [2.45, 2.75) is 26.0 Å². The molecule has 1 aromatic rings. The minimum Gasteiger partial charge on any atom is -0.392 e. The van der Waals surface area contributed by atoms with E-state index in [1.54, 1.807) is 6.07 Å². The number of benzene rings is 1. The van der Waals surface area contributed by atoms with Crippen molar-refractivity contribution in [3.63, 3.8) is 0 Å². The van der Waals surface area contributed by atoms with Crippen molar-refractivity contribution in [2.75, 3.05) is 31.6 Å². The van der Waals surface area contributed by atoms with E-state index in [1.807, 2.05) is 12.1 Å². The van der Waals surface area contributed by atoms with Gasteiger partial charge >= 0.3 is 0 Å². The van der Waals surface area contributed by atoms with Crippen LogP contribution in [0.5, 0.6) is 0 Å². The Morgan fingerprint density at radius 2 is 2.21 bits per heavy atom. The van der Waals surface area contributed by atoms with Crippen LogP contribution in [0.15, 0.2) is 18.2 Å². The maximum absolute atomic E-state index is 9.28. The number of hydrogen-bond donors (Lipinski definition) is 1. The third-order valence-corrected chi connectivity index (χ3v) is 3.95. The highest BCUT2D eigenvalue weighted by molar-refractivity contribution is 5.60. The molecule has 4 nitrogen and oxygen atoms in total. The van der Waals surface area contributed by atoms with Crippen molar-refractivity contribution in [1.82, 2.24) is 4.90 Å². The Labute approximate surface area is 114 Å². The second-order valence-electron chi connectivity index (χ2n) is 5.11. The molecule has 0 aliphatic carbocycles. The van der Waals surface area contributed by atoms with Gasteiger partial charge in [0.15, 0.2) is 0 Å². The summed E-state index contributed by atoms with van der Waals surface area (Å²) in [7, 11) is 2.16. The first-order chi connectivity index (χ1) is 9.19. The molecule has 19 heavy (non-hydrogen) atoms. The van der Waals surface area contributed by atoms with Gasteiger partial charge in [-0.2, -0.15) is 5.26 Å². The van der Waals surface area contributed by atoms with Crippen LogP contribution in [0.1, 0.15) is 24.5 Å². The quantitative estimate of drug-likeness (QED) is 0.895. The maximum atomic E-state index is 9.28. The van der Waals surface area contributed by atoms with Gasteiger partial charge in [0.05, 0.1) is 17.9 Å². The number of rotatable bonds is 3. The van der Waals surface area contributed by atoms with Crippen LogP contribution in [0.2, 0.25) is 0 Å². The van der Waals surface area contributed by atoms with E-state index < -0.39 is 0 Å². The zero-order valence-electron chi connectivity index (χ0n) is 11.6. The van der Waals surface area contributed by atoms with Gasteiger partial charge in [-0.15, -0.1) is 0 Å². The molecule has 1 atom stereocenters. The summed E-state index contributed by atoms with van der Waals surface area (Å²) in [6.07, 6.45) is 1.11. The molecule has 2 rings (SSSR count). The number of anilines is 1. The van der Waals surface area contributed by atoms with Crippen LogP contribution < -0.4 is 4.90 Å². The van der Waals surface area contributed by atoms with Crippen molar-refractivity contribution in [3.8, 4) is 6.07 Å². The topological polar surface area (TPSA) is 50.5 Å². The average Bonchev–Trinajstić information content (AvgIpc) is 2.47. The van der Waals surface area contributed by atoms with Crippen molar-refractivity contribution in [3.05, 3.63) is 29.3 Å². The monoisotopic (exact) mass is 259 g/mol. The summed E-state index contributed by atoms with van der Waals surface area (Å²) in [4.78, 5) is 4.67. The van der Waals surface area contributed by atoms with Crippen LogP contribution in [0.25, 0.3) is 0 Å². The third-order valence-electron chi connectivity index (χ3n) is 3.95. The van der Waals surface area contributed by atoms with Gasteiger partial charge in [-0.1, -0.05) is 13.0 Å². The molecule has 0 radical (unpaired) electrons. The zero-order chi connectivity index (χ0) is 13.8. The highest BCUT2D eigenvalue weighted by atomic mass is 16.3. The fourth-order valence-corrected chi connectivity index (χ4v) is 2.65. The molecule has 102 valence electrons. The number of aliphatic hydroxyl groups excluding tert-OH is 1. The second-order valence-corrected chi connectivity index (χ2v) is 5.11. The Morgan fingerprint density at radius 3 is 2.84 bits per heavy atom. The van der Waals surface area contributed by atoms with Crippen LogP contribution >= 0.6 is 0 Å². The molecule has 1 N–H and O–H groups in total. The Bertz CT molecular complexity index is 481. The number of nitrogens with zero attached hydrogens (tertiary/aromatic N) is 3. The highest BCUT2D eigenvalue weighted by Gasteiger charge is 2.24. The lowest BCUT2D eigenvalue weighted by Crippen LogP contribution is -2.51. The molecule has 0 spiro atoms. The van der Waals surface area contributed by atoms with E-state index in [9.17, 15) is 5.26 Å². The molecule has 1 fully saturated rings. The first-order valence-corrected chi connectivity index (χ1v) is 6.78. The number of hydrogen-bond acceptors (Lipinski definition) is 4. The predicted molar refractivity (Wildman–Crippen MR) is 76.0 cm³/mol. The Morgan fingerprint density at radius 1 is 1.42 bits per heavy atom.